The van der Waals surface area contributed by atoms with Gasteiger partial charge in [0.05, 0.1) is 12.2 Å². The van der Waals surface area contributed by atoms with Crippen LogP contribution in [0.4, 0.5) is 0 Å². The summed E-state index contributed by atoms with van der Waals surface area (Å²) in [6.45, 7) is 4.81. The molecule has 0 aromatic heterocycles. The van der Waals surface area contributed by atoms with Crippen molar-refractivity contribution in [3.05, 3.63) is 59.7 Å². The summed E-state index contributed by atoms with van der Waals surface area (Å²) in [5, 5.41) is 19.8. The van der Waals surface area contributed by atoms with Gasteiger partial charge in [-0.05, 0) is 61.4 Å². The highest BCUT2D eigenvalue weighted by atomic mass is 16.5. The minimum atomic E-state index is -0.506. The summed E-state index contributed by atoms with van der Waals surface area (Å²) < 4.78 is 6.17. The summed E-state index contributed by atoms with van der Waals surface area (Å²) in [6, 6.07) is 15.2. The number of hydrogen-bond acceptors (Lipinski definition) is 4. The predicted octanol–water partition coefficient (Wildman–Crippen LogP) is 3.52. The zero-order valence-electron chi connectivity index (χ0n) is 15.2. The number of phenolic OH excluding ortho intramolecular Hbond substituents is 1. The molecule has 0 radical (unpaired) electrons. The van der Waals surface area contributed by atoms with Crippen LogP contribution < -0.4 is 4.74 Å². The quantitative estimate of drug-likeness (QED) is 0.863. The van der Waals surface area contributed by atoms with Crippen molar-refractivity contribution in [3.8, 4) is 11.5 Å². The fourth-order valence-electron chi connectivity index (χ4n) is 4.44. The van der Waals surface area contributed by atoms with E-state index < -0.39 is 6.10 Å². The van der Waals surface area contributed by atoms with E-state index in [1.807, 2.05) is 0 Å². The maximum absolute atomic E-state index is 10.5. The van der Waals surface area contributed by atoms with Gasteiger partial charge in [0.1, 0.15) is 11.5 Å². The van der Waals surface area contributed by atoms with Crippen molar-refractivity contribution < 1.29 is 14.9 Å². The molecule has 4 heteroatoms. The van der Waals surface area contributed by atoms with Gasteiger partial charge in [-0.3, -0.25) is 4.90 Å². The smallest absolute Gasteiger partial charge is 0.119 e. The molecule has 2 aromatic carbocycles. The number of ether oxygens (including phenoxy) is 1. The summed E-state index contributed by atoms with van der Waals surface area (Å²) in [6.07, 6.45) is 2.01. The van der Waals surface area contributed by atoms with E-state index in [4.69, 9.17) is 4.74 Å². The number of phenols is 1. The summed E-state index contributed by atoms with van der Waals surface area (Å²) in [4.78, 5) is 2.37. The first kappa shape index (κ1) is 17.4. The minimum absolute atomic E-state index is 0.233. The zero-order chi connectivity index (χ0) is 18.1. The Kier molecular flexibility index (Phi) is 4.88. The molecule has 4 atom stereocenters. The molecule has 1 aliphatic carbocycles. The second-order valence-electron chi connectivity index (χ2n) is 7.87. The van der Waals surface area contributed by atoms with Gasteiger partial charge in [0.15, 0.2) is 0 Å². The second kappa shape index (κ2) is 7.29. The number of fused-ring (bicyclic) bond motifs is 1. The van der Waals surface area contributed by atoms with E-state index in [0.29, 0.717) is 24.5 Å². The third-order valence-electron chi connectivity index (χ3n) is 5.82. The van der Waals surface area contributed by atoms with Gasteiger partial charge in [-0.15, -0.1) is 0 Å². The molecule has 0 bridgehead atoms. The summed E-state index contributed by atoms with van der Waals surface area (Å²) in [5.74, 6) is 2.53. The average molecular weight is 353 g/mol. The molecule has 26 heavy (non-hydrogen) atoms. The van der Waals surface area contributed by atoms with Gasteiger partial charge in [-0.2, -0.15) is 0 Å². The van der Waals surface area contributed by atoms with Gasteiger partial charge < -0.3 is 14.9 Å². The third kappa shape index (κ3) is 3.87. The number of aliphatic hydroxyl groups is 1. The molecule has 0 amide bonds. The van der Waals surface area contributed by atoms with Crippen LogP contribution in [-0.2, 0) is 0 Å². The van der Waals surface area contributed by atoms with Gasteiger partial charge in [0.25, 0.3) is 0 Å². The molecule has 1 saturated carbocycles. The topological polar surface area (TPSA) is 52.9 Å². The van der Waals surface area contributed by atoms with Crippen LogP contribution in [0.5, 0.6) is 11.5 Å². The molecule has 138 valence electrons. The van der Waals surface area contributed by atoms with Crippen molar-refractivity contribution >= 4 is 0 Å². The molecule has 1 heterocycles. The van der Waals surface area contributed by atoms with Crippen LogP contribution in [-0.4, -0.2) is 40.9 Å². The normalized spacial score (nSPS) is 26.6. The number of aryl methyl sites for hydroxylation is 1. The molecule has 1 aliphatic heterocycles. The SMILES string of the molecule is Cc1ccc(OC2C[C@@H]3CN(CC(O)c4ccc(O)cc4)C[C@@H]3C2)cc1. The highest BCUT2D eigenvalue weighted by molar-refractivity contribution is 5.28. The van der Waals surface area contributed by atoms with Crippen molar-refractivity contribution in [1.82, 2.24) is 4.90 Å². The van der Waals surface area contributed by atoms with Gasteiger partial charge >= 0.3 is 0 Å². The molecular formula is C22H27NO3. The zero-order valence-corrected chi connectivity index (χ0v) is 15.2. The fourth-order valence-corrected chi connectivity index (χ4v) is 4.44. The van der Waals surface area contributed by atoms with Crippen LogP contribution in [0.3, 0.4) is 0 Å². The number of hydrogen-bond donors (Lipinski definition) is 2. The van der Waals surface area contributed by atoms with Gasteiger partial charge in [-0.25, -0.2) is 0 Å². The lowest BCUT2D eigenvalue weighted by molar-refractivity contribution is 0.116. The summed E-state index contributed by atoms with van der Waals surface area (Å²) in [5.41, 5.74) is 2.11. The second-order valence-corrected chi connectivity index (χ2v) is 7.87. The lowest BCUT2D eigenvalue weighted by atomic mass is 10.0. The van der Waals surface area contributed by atoms with Crippen molar-refractivity contribution in [2.75, 3.05) is 19.6 Å². The molecule has 2 fully saturated rings. The monoisotopic (exact) mass is 353 g/mol. The molecule has 4 nitrogen and oxygen atoms in total. The van der Waals surface area contributed by atoms with Crippen molar-refractivity contribution in [1.29, 1.82) is 0 Å². The van der Waals surface area contributed by atoms with E-state index in [0.717, 1.165) is 37.2 Å². The Balaban J connectivity index is 1.28. The van der Waals surface area contributed by atoms with E-state index in [-0.39, 0.29) is 5.75 Å². The average Bonchev–Trinajstić information content (AvgIpc) is 3.15. The molecule has 0 spiro atoms. The Morgan fingerprint density at radius 1 is 1.00 bits per heavy atom. The van der Waals surface area contributed by atoms with Crippen molar-refractivity contribution in [3.63, 3.8) is 0 Å². The van der Waals surface area contributed by atoms with E-state index in [2.05, 4.69) is 36.1 Å². The first-order chi connectivity index (χ1) is 12.6. The van der Waals surface area contributed by atoms with Crippen molar-refractivity contribution in [2.45, 2.75) is 32.0 Å². The van der Waals surface area contributed by atoms with Gasteiger partial charge in [0.2, 0.25) is 0 Å². The van der Waals surface area contributed by atoms with E-state index in [1.165, 1.54) is 5.56 Å². The molecule has 4 rings (SSSR count). The van der Waals surface area contributed by atoms with Crippen LogP contribution in [0.1, 0.15) is 30.1 Å². The number of aromatic hydroxyl groups is 1. The Morgan fingerprint density at radius 2 is 1.62 bits per heavy atom. The first-order valence-electron chi connectivity index (χ1n) is 9.49. The van der Waals surface area contributed by atoms with E-state index in [1.54, 1.807) is 24.3 Å². The van der Waals surface area contributed by atoms with E-state index in [9.17, 15) is 10.2 Å². The number of nitrogens with zero attached hydrogens (tertiary/aromatic N) is 1. The van der Waals surface area contributed by atoms with Gasteiger partial charge in [-0.1, -0.05) is 29.8 Å². The maximum atomic E-state index is 10.5. The molecular weight excluding hydrogens is 326 g/mol. The number of rotatable bonds is 5. The van der Waals surface area contributed by atoms with Gasteiger partial charge in [0, 0.05) is 19.6 Å². The number of aliphatic hydroxyl groups excluding tert-OH is 1. The Hall–Kier alpha value is -2.04. The molecule has 2 unspecified atom stereocenters. The predicted molar refractivity (Wildman–Crippen MR) is 101 cm³/mol. The lowest BCUT2D eigenvalue weighted by Gasteiger charge is -2.22. The summed E-state index contributed by atoms with van der Waals surface area (Å²) >= 11 is 0. The summed E-state index contributed by atoms with van der Waals surface area (Å²) in [7, 11) is 0. The Morgan fingerprint density at radius 3 is 2.23 bits per heavy atom. The Labute approximate surface area is 155 Å². The number of benzene rings is 2. The Bertz CT molecular complexity index is 714. The maximum Gasteiger partial charge on any atom is 0.119 e. The highest BCUT2D eigenvalue weighted by Gasteiger charge is 2.42. The van der Waals surface area contributed by atoms with Crippen LogP contribution in [0.25, 0.3) is 0 Å². The number of β-amino-alcohol motifs (C(OH)–C–C–N with tert-alkyl or cyclic N) is 1. The minimum Gasteiger partial charge on any atom is -0.508 e. The van der Waals surface area contributed by atoms with Crippen molar-refractivity contribution in [2.24, 2.45) is 11.8 Å². The largest absolute Gasteiger partial charge is 0.508 e. The van der Waals surface area contributed by atoms with Crippen LogP contribution >= 0.6 is 0 Å². The van der Waals surface area contributed by atoms with E-state index >= 15 is 0 Å². The fraction of sp³-hybridized carbons (Fsp3) is 0.455. The van der Waals surface area contributed by atoms with Crippen LogP contribution in [0.15, 0.2) is 48.5 Å². The highest BCUT2D eigenvalue weighted by Crippen LogP contribution is 2.40. The molecule has 2 aliphatic rings. The third-order valence-corrected chi connectivity index (χ3v) is 5.82. The molecule has 2 N–H and O–H groups in total. The first-order valence-corrected chi connectivity index (χ1v) is 9.49. The number of likely N-dealkylation sites (tertiary alicyclic amines) is 1. The standard InChI is InChI=1S/C22H27NO3/c1-15-2-8-20(9-3-15)26-21-10-17-12-23(13-18(17)11-21)14-22(25)16-4-6-19(24)7-5-16/h2-9,17-18,21-22,24-25H,10-14H2,1H3/t17-,18+,21?,22?. The lowest BCUT2D eigenvalue weighted by Crippen LogP contribution is -2.28. The molecule has 1 saturated heterocycles. The molecule has 2 aromatic rings. The van der Waals surface area contributed by atoms with Crippen LogP contribution in [0.2, 0.25) is 0 Å². The van der Waals surface area contributed by atoms with Crippen LogP contribution in [0, 0.1) is 18.8 Å².